The van der Waals surface area contributed by atoms with E-state index in [1.165, 1.54) is 34.7 Å². The summed E-state index contributed by atoms with van der Waals surface area (Å²) < 4.78 is 9.99. The number of hydrogen-bond donors (Lipinski definition) is 1. The number of nitrogens with one attached hydrogen (secondary N) is 1. The van der Waals surface area contributed by atoms with Gasteiger partial charge in [-0.1, -0.05) is 41.7 Å². The summed E-state index contributed by atoms with van der Waals surface area (Å²) in [5.41, 5.74) is 1.54. The zero-order valence-corrected chi connectivity index (χ0v) is 15.0. The highest BCUT2D eigenvalue weighted by Gasteiger charge is 2.20. The molecule has 0 aliphatic carbocycles. The molecule has 136 valence electrons. The van der Waals surface area contributed by atoms with E-state index in [0.29, 0.717) is 33.8 Å². The van der Waals surface area contributed by atoms with E-state index in [0.717, 1.165) is 5.56 Å². The Morgan fingerprint density at radius 1 is 1.30 bits per heavy atom. The smallest absolute Gasteiger partial charge is 0.419 e. The van der Waals surface area contributed by atoms with Crippen molar-refractivity contribution in [3.8, 4) is 27.7 Å². The first-order valence-electron chi connectivity index (χ1n) is 8.08. The van der Waals surface area contributed by atoms with Crippen molar-refractivity contribution < 1.29 is 13.9 Å². The van der Waals surface area contributed by atoms with E-state index < -0.39 is 6.09 Å². The fourth-order valence-electron chi connectivity index (χ4n) is 2.31. The van der Waals surface area contributed by atoms with E-state index in [9.17, 15) is 4.79 Å². The number of nitrogens with zero attached hydrogens (tertiary/aromatic N) is 5. The van der Waals surface area contributed by atoms with Gasteiger partial charge in [-0.25, -0.2) is 9.78 Å². The second kappa shape index (κ2) is 7.38. The molecule has 0 radical (unpaired) electrons. The van der Waals surface area contributed by atoms with Crippen LogP contribution in [0.5, 0.6) is 5.75 Å². The van der Waals surface area contributed by atoms with E-state index >= 15 is 0 Å². The Bertz CT molecular complexity index is 1040. The van der Waals surface area contributed by atoms with Gasteiger partial charge >= 0.3 is 6.09 Å². The minimum absolute atomic E-state index is 0.306. The molecule has 0 saturated carbocycles. The summed E-state index contributed by atoms with van der Waals surface area (Å²) in [6.07, 6.45) is 2.08. The number of tetrazole rings is 1. The quantitative estimate of drug-likeness (QED) is 0.561. The Morgan fingerprint density at radius 2 is 2.15 bits per heavy atom. The maximum Gasteiger partial charge on any atom is 0.419 e. The monoisotopic (exact) mass is 382 g/mol. The predicted octanol–water partition coefficient (Wildman–Crippen LogP) is 3.69. The number of carbonyl (C=O) groups is 1. The first-order valence-corrected chi connectivity index (χ1v) is 8.90. The van der Waals surface area contributed by atoms with Crippen LogP contribution in [-0.2, 0) is 6.54 Å². The maximum absolute atomic E-state index is 12.1. The highest BCUT2D eigenvalue weighted by Crippen LogP contribution is 2.37. The van der Waals surface area contributed by atoms with Crippen LogP contribution in [0.25, 0.3) is 22.0 Å². The number of rotatable bonds is 5. The molecule has 0 bridgehead atoms. The van der Waals surface area contributed by atoms with Crippen LogP contribution in [0.4, 0.5) is 9.93 Å². The summed E-state index contributed by atoms with van der Waals surface area (Å²) >= 11 is 1.25. The van der Waals surface area contributed by atoms with Crippen molar-refractivity contribution in [1.82, 2.24) is 25.2 Å². The summed E-state index contributed by atoms with van der Waals surface area (Å²) in [7, 11) is 0. The molecule has 0 fully saturated rings. The molecular formula is C17H14N6O3S. The first kappa shape index (κ1) is 16.9. The molecule has 3 heterocycles. The number of aryl methyl sites for hydroxylation is 1. The molecule has 1 amide bonds. The third kappa shape index (κ3) is 3.70. The number of carbonyl (C=O) groups excluding carboxylic acids is 1. The Morgan fingerprint density at radius 3 is 2.85 bits per heavy atom. The first-order chi connectivity index (χ1) is 13.2. The van der Waals surface area contributed by atoms with Crippen LogP contribution < -0.4 is 10.1 Å². The van der Waals surface area contributed by atoms with Crippen molar-refractivity contribution in [2.24, 2.45) is 0 Å². The number of anilines is 1. The number of furan rings is 1. The number of amides is 1. The van der Waals surface area contributed by atoms with E-state index in [1.54, 1.807) is 0 Å². The number of aromatic nitrogens is 5. The van der Waals surface area contributed by atoms with Gasteiger partial charge in [0, 0.05) is 11.6 Å². The zero-order chi connectivity index (χ0) is 18.6. The van der Waals surface area contributed by atoms with Gasteiger partial charge in [0.1, 0.15) is 11.1 Å². The molecule has 0 atom stereocenters. The molecule has 4 aromatic rings. The van der Waals surface area contributed by atoms with Gasteiger partial charge < -0.3 is 9.15 Å². The van der Waals surface area contributed by atoms with Gasteiger partial charge in [0.2, 0.25) is 5.82 Å². The summed E-state index contributed by atoms with van der Waals surface area (Å²) in [6, 6.07) is 11.1. The van der Waals surface area contributed by atoms with E-state index in [2.05, 4.69) is 25.7 Å². The van der Waals surface area contributed by atoms with Crippen molar-refractivity contribution in [2.45, 2.75) is 13.5 Å². The van der Waals surface area contributed by atoms with Crippen molar-refractivity contribution in [3.63, 3.8) is 0 Å². The third-order valence-electron chi connectivity index (χ3n) is 3.53. The van der Waals surface area contributed by atoms with Gasteiger partial charge in [0.25, 0.3) is 0 Å². The topological polar surface area (TPSA) is 108 Å². The molecule has 0 unspecified atom stereocenters. The van der Waals surface area contributed by atoms with Gasteiger partial charge in [0.05, 0.1) is 18.5 Å². The van der Waals surface area contributed by atoms with Gasteiger partial charge in [-0.15, -0.1) is 10.2 Å². The molecule has 3 aromatic heterocycles. The zero-order valence-electron chi connectivity index (χ0n) is 14.2. The Labute approximate surface area is 157 Å². The standard InChI is InChI=1S/C17H14N6O3S/c1-2-23-21-15(20-22-23)14-13(11-6-4-3-5-7-11)18-16(27-14)19-17(24)26-12-8-9-25-10-12/h3-10H,2H2,1H3,(H,18,19,24). The number of benzene rings is 1. The second-order valence-corrected chi connectivity index (χ2v) is 6.34. The van der Waals surface area contributed by atoms with Gasteiger partial charge in [-0.2, -0.15) is 4.80 Å². The van der Waals surface area contributed by atoms with Crippen molar-refractivity contribution in [3.05, 3.63) is 48.9 Å². The lowest BCUT2D eigenvalue weighted by Crippen LogP contribution is -2.16. The van der Waals surface area contributed by atoms with Crippen LogP contribution >= 0.6 is 11.3 Å². The SMILES string of the molecule is CCn1nnc(-c2sc(NC(=O)Oc3ccoc3)nc2-c2ccccc2)n1. The lowest BCUT2D eigenvalue weighted by molar-refractivity contribution is 0.214. The Balaban J connectivity index is 1.66. The van der Waals surface area contributed by atoms with E-state index in [-0.39, 0.29) is 0 Å². The van der Waals surface area contributed by atoms with Crippen LogP contribution in [0, 0.1) is 0 Å². The van der Waals surface area contributed by atoms with Crippen LogP contribution in [0.15, 0.2) is 53.3 Å². The summed E-state index contributed by atoms with van der Waals surface area (Å²) in [5, 5.41) is 15.4. The second-order valence-electron chi connectivity index (χ2n) is 5.34. The third-order valence-corrected chi connectivity index (χ3v) is 4.49. The molecule has 10 heteroatoms. The fraction of sp³-hybridized carbons (Fsp3) is 0.118. The molecule has 0 saturated heterocycles. The number of hydrogen-bond acceptors (Lipinski definition) is 8. The molecule has 1 N–H and O–H groups in total. The average Bonchev–Trinajstić information content (AvgIpc) is 3.42. The average molecular weight is 382 g/mol. The van der Waals surface area contributed by atoms with Crippen LogP contribution in [0.2, 0.25) is 0 Å². The largest absolute Gasteiger partial charge is 0.469 e. The molecule has 0 aliphatic heterocycles. The van der Waals surface area contributed by atoms with E-state index in [4.69, 9.17) is 9.15 Å². The summed E-state index contributed by atoms with van der Waals surface area (Å²) in [4.78, 5) is 18.8. The van der Waals surface area contributed by atoms with E-state index in [1.807, 2.05) is 37.3 Å². The van der Waals surface area contributed by atoms with Crippen molar-refractivity contribution in [2.75, 3.05) is 5.32 Å². The molecule has 27 heavy (non-hydrogen) atoms. The normalized spacial score (nSPS) is 10.7. The van der Waals surface area contributed by atoms with Crippen molar-refractivity contribution in [1.29, 1.82) is 0 Å². The molecule has 1 aromatic carbocycles. The fourth-order valence-corrected chi connectivity index (χ4v) is 3.21. The highest BCUT2D eigenvalue weighted by atomic mass is 32.1. The lowest BCUT2D eigenvalue weighted by atomic mass is 10.1. The summed E-state index contributed by atoms with van der Waals surface area (Å²) in [5.74, 6) is 0.754. The molecule has 4 rings (SSSR count). The van der Waals surface area contributed by atoms with Crippen LogP contribution in [0.3, 0.4) is 0 Å². The minimum Gasteiger partial charge on any atom is -0.469 e. The number of ether oxygens (including phenoxy) is 1. The molecule has 9 nitrogen and oxygen atoms in total. The molecule has 0 aliphatic rings. The van der Waals surface area contributed by atoms with Crippen LogP contribution in [0.1, 0.15) is 6.92 Å². The van der Waals surface area contributed by atoms with Gasteiger partial charge in [-0.3, -0.25) is 5.32 Å². The Kier molecular flexibility index (Phi) is 4.62. The summed E-state index contributed by atoms with van der Waals surface area (Å²) in [6.45, 7) is 2.53. The van der Waals surface area contributed by atoms with Crippen LogP contribution in [-0.4, -0.2) is 31.3 Å². The Hall–Kier alpha value is -3.53. The highest BCUT2D eigenvalue weighted by molar-refractivity contribution is 7.19. The van der Waals surface area contributed by atoms with Crippen molar-refractivity contribution >= 4 is 22.6 Å². The molecular weight excluding hydrogens is 368 g/mol. The molecule has 0 spiro atoms. The predicted molar refractivity (Wildman–Crippen MR) is 98.4 cm³/mol. The maximum atomic E-state index is 12.1. The minimum atomic E-state index is -0.665. The van der Waals surface area contributed by atoms with Gasteiger partial charge in [0.15, 0.2) is 10.9 Å². The lowest BCUT2D eigenvalue weighted by Gasteiger charge is -2.00. The van der Waals surface area contributed by atoms with Gasteiger partial charge in [-0.05, 0) is 12.1 Å². The number of thiazole rings is 1.